The van der Waals surface area contributed by atoms with Gasteiger partial charge in [0.15, 0.2) is 0 Å². The summed E-state index contributed by atoms with van der Waals surface area (Å²) in [5, 5.41) is 14.8. The third-order valence-electron chi connectivity index (χ3n) is 7.30. The summed E-state index contributed by atoms with van der Waals surface area (Å²) in [5.41, 5.74) is 5.09. The van der Waals surface area contributed by atoms with Crippen molar-refractivity contribution in [2.75, 3.05) is 31.2 Å². The fraction of sp³-hybridized carbons (Fsp3) is 0.346. The minimum atomic E-state index is -0.0665. The van der Waals surface area contributed by atoms with E-state index in [0.29, 0.717) is 16.9 Å². The normalized spacial score (nSPS) is 19.6. The summed E-state index contributed by atoms with van der Waals surface area (Å²) in [6.45, 7) is 3.92. The molecule has 4 heterocycles. The lowest BCUT2D eigenvalue weighted by atomic mass is 9.78. The van der Waals surface area contributed by atoms with E-state index in [2.05, 4.69) is 49.7 Å². The molecule has 3 aliphatic rings. The Morgan fingerprint density at radius 2 is 2.00 bits per heavy atom. The van der Waals surface area contributed by atoms with Crippen LogP contribution in [0.5, 0.6) is 0 Å². The lowest BCUT2D eigenvalue weighted by Crippen LogP contribution is -2.66. The van der Waals surface area contributed by atoms with Gasteiger partial charge in [-0.05, 0) is 49.1 Å². The number of ether oxygens (including phenoxy) is 1. The molecule has 7 nitrogen and oxygen atoms in total. The molecular formula is C26H25N5O2S. The first-order valence-corrected chi connectivity index (χ1v) is 12.7. The summed E-state index contributed by atoms with van der Waals surface area (Å²) in [4.78, 5) is 20.0. The SMILES string of the molecule is O=C(NC(c1nccs1)C1CC1)c1ccc2[nH]nc(-c3ccc(N4CC5(COC5)C4)cc3)c2c1. The number of carbonyl (C=O) groups excluding carboxylic acids is 1. The zero-order valence-corrected chi connectivity index (χ0v) is 19.5. The molecule has 34 heavy (non-hydrogen) atoms. The van der Waals surface area contributed by atoms with Crippen molar-refractivity contribution in [1.82, 2.24) is 20.5 Å². The van der Waals surface area contributed by atoms with Crippen molar-refractivity contribution in [3.05, 3.63) is 64.6 Å². The maximum Gasteiger partial charge on any atom is 0.251 e. The highest BCUT2D eigenvalue weighted by Gasteiger charge is 2.49. The number of carbonyl (C=O) groups is 1. The molecule has 1 amide bonds. The molecule has 0 radical (unpaired) electrons. The zero-order chi connectivity index (χ0) is 22.7. The third kappa shape index (κ3) is 3.40. The van der Waals surface area contributed by atoms with Gasteiger partial charge in [-0.1, -0.05) is 12.1 Å². The minimum Gasteiger partial charge on any atom is -0.380 e. The highest BCUT2D eigenvalue weighted by molar-refractivity contribution is 7.09. The third-order valence-corrected chi connectivity index (χ3v) is 8.16. The van der Waals surface area contributed by atoms with E-state index in [1.807, 2.05) is 23.6 Å². The Balaban J connectivity index is 1.12. The molecule has 1 saturated carbocycles. The number of nitrogens with one attached hydrogen (secondary N) is 2. The molecule has 1 unspecified atom stereocenters. The molecule has 2 aliphatic heterocycles. The van der Waals surface area contributed by atoms with Crippen LogP contribution in [0.1, 0.15) is 34.2 Å². The first-order chi connectivity index (χ1) is 16.7. The van der Waals surface area contributed by atoms with Crippen LogP contribution in [0.3, 0.4) is 0 Å². The molecule has 2 N–H and O–H groups in total. The molecule has 2 aromatic carbocycles. The van der Waals surface area contributed by atoms with Gasteiger partial charge in [0.25, 0.3) is 5.91 Å². The number of aromatic amines is 1. The molecule has 7 rings (SSSR count). The monoisotopic (exact) mass is 471 g/mol. The predicted molar refractivity (Wildman–Crippen MR) is 132 cm³/mol. The van der Waals surface area contributed by atoms with Gasteiger partial charge >= 0.3 is 0 Å². The molecule has 1 aliphatic carbocycles. The smallest absolute Gasteiger partial charge is 0.251 e. The number of anilines is 1. The van der Waals surface area contributed by atoms with Gasteiger partial charge in [0.1, 0.15) is 5.01 Å². The van der Waals surface area contributed by atoms with E-state index in [9.17, 15) is 4.79 Å². The van der Waals surface area contributed by atoms with E-state index >= 15 is 0 Å². The van der Waals surface area contributed by atoms with E-state index in [0.717, 1.165) is 66.3 Å². The van der Waals surface area contributed by atoms with Crippen molar-refractivity contribution in [3.8, 4) is 11.3 Å². The number of fused-ring (bicyclic) bond motifs is 1. The average Bonchev–Trinajstić information content (AvgIpc) is 3.32. The Morgan fingerprint density at radius 1 is 1.18 bits per heavy atom. The maximum absolute atomic E-state index is 13.2. The number of aromatic nitrogens is 3. The van der Waals surface area contributed by atoms with Crippen molar-refractivity contribution >= 4 is 33.8 Å². The molecular weight excluding hydrogens is 446 g/mol. The van der Waals surface area contributed by atoms with Crippen molar-refractivity contribution < 1.29 is 9.53 Å². The van der Waals surface area contributed by atoms with E-state index in [-0.39, 0.29) is 11.9 Å². The van der Waals surface area contributed by atoms with E-state index in [4.69, 9.17) is 4.74 Å². The zero-order valence-electron chi connectivity index (χ0n) is 18.7. The predicted octanol–water partition coefficient (Wildman–Crippen LogP) is 4.40. The van der Waals surface area contributed by atoms with Crippen LogP contribution in [0.15, 0.2) is 54.0 Å². The first-order valence-electron chi connectivity index (χ1n) is 11.8. The van der Waals surface area contributed by atoms with Gasteiger partial charge in [0, 0.05) is 46.9 Å². The minimum absolute atomic E-state index is 0.00768. The number of hydrogen-bond donors (Lipinski definition) is 2. The number of rotatable bonds is 6. The molecule has 0 bridgehead atoms. The van der Waals surface area contributed by atoms with Crippen LogP contribution in [0, 0.1) is 11.3 Å². The largest absolute Gasteiger partial charge is 0.380 e. The standard InChI is InChI=1S/C26H25N5O2S/c32-24(28-23(17-1-2-17)25-27-9-10-34-25)18-5-8-21-20(11-18)22(30-29-21)16-3-6-19(7-4-16)31-12-26(13-31)14-33-15-26/h3-11,17,23H,1-2,12-15H2,(H,28,32)(H,29,30). The summed E-state index contributed by atoms with van der Waals surface area (Å²) < 4.78 is 5.38. The lowest BCUT2D eigenvalue weighted by molar-refractivity contribution is -0.127. The topological polar surface area (TPSA) is 83.1 Å². The van der Waals surface area contributed by atoms with E-state index in [1.54, 1.807) is 17.5 Å². The Bertz CT molecular complexity index is 1350. The summed E-state index contributed by atoms with van der Waals surface area (Å²) in [7, 11) is 0. The molecule has 4 aromatic rings. The van der Waals surface area contributed by atoms with Crippen molar-refractivity contribution in [3.63, 3.8) is 0 Å². The van der Waals surface area contributed by atoms with Gasteiger partial charge in [0.2, 0.25) is 0 Å². The van der Waals surface area contributed by atoms with Crippen molar-refractivity contribution in [2.24, 2.45) is 11.3 Å². The number of nitrogens with zero attached hydrogens (tertiary/aromatic N) is 3. The van der Waals surface area contributed by atoms with Crippen LogP contribution in [0.4, 0.5) is 5.69 Å². The van der Waals surface area contributed by atoms with Crippen LogP contribution in [0.25, 0.3) is 22.2 Å². The number of hydrogen-bond acceptors (Lipinski definition) is 6. The van der Waals surface area contributed by atoms with Crippen LogP contribution in [0.2, 0.25) is 0 Å². The fourth-order valence-electron chi connectivity index (χ4n) is 5.15. The molecule has 1 atom stereocenters. The fourth-order valence-corrected chi connectivity index (χ4v) is 5.93. The van der Waals surface area contributed by atoms with Crippen molar-refractivity contribution in [2.45, 2.75) is 18.9 Å². The van der Waals surface area contributed by atoms with Crippen LogP contribution < -0.4 is 10.2 Å². The Labute approximate surface area is 201 Å². The highest BCUT2D eigenvalue weighted by atomic mass is 32.1. The summed E-state index contributed by atoms with van der Waals surface area (Å²) in [6.07, 6.45) is 4.08. The summed E-state index contributed by atoms with van der Waals surface area (Å²) in [6, 6.07) is 14.3. The van der Waals surface area contributed by atoms with Crippen LogP contribution in [-0.2, 0) is 4.74 Å². The van der Waals surface area contributed by atoms with E-state index in [1.165, 1.54) is 5.69 Å². The second kappa shape index (κ2) is 7.65. The Hall–Kier alpha value is -3.23. The Kier molecular flexibility index (Phi) is 4.54. The molecule has 2 aromatic heterocycles. The Morgan fingerprint density at radius 3 is 2.68 bits per heavy atom. The van der Waals surface area contributed by atoms with Gasteiger partial charge < -0.3 is 15.0 Å². The van der Waals surface area contributed by atoms with Crippen molar-refractivity contribution in [1.29, 1.82) is 0 Å². The van der Waals surface area contributed by atoms with Crippen LogP contribution in [-0.4, -0.2) is 47.4 Å². The van der Waals surface area contributed by atoms with Gasteiger partial charge in [0.05, 0.1) is 35.9 Å². The number of thiazole rings is 1. The quantitative estimate of drug-likeness (QED) is 0.435. The molecule has 1 spiro atoms. The van der Waals surface area contributed by atoms with E-state index < -0.39 is 0 Å². The highest BCUT2D eigenvalue weighted by Crippen LogP contribution is 2.42. The molecule has 3 fully saturated rings. The number of benzene rings is 2. The lowest BCUT2D eigenvalue weighted by Gasteiger charge is -2.56. The van der Waals surface area contributed by atoms with Gasteiger partial charge in [-0.15, -0.1) is 11.3 Å². The van der Waals surface area contributed by atoms with Crippen LogP contribution >= 0.6 is 11.3 Å². The number of H-pyrrole nitrogens is 1. The summed E-state index contributed by atoms with van der Waals surface area (Å²) >= 11 is 1.60. The number of amides is 1. The average molecular weight is 472 g/mol. The second-order valence-electron chi connectivity index (χ2n) is 9.89. The van der Waals surface area contributed by atoms with Gasteiger partial charge in [-0.25, -0.2) is 4.98 Å². The first kappa shape index (κ1) is 20.2. The second-order valence-corrected chi connectivity index (χ2v) is 10.8. The molecule has 2 saturated heterocycles. The maximum atomic E-state index is 13.2. The summed E-state index contributed by atoms with van der Waals surface area (Å²) in [5.74, 6) is 0.420. The molecule has 8 heteroatoms. The van der Waals surface area contributed by atoms with Gasteiger partial charge in [-0.2, -0.15) is 5.10 Å². The molecule has 172 valence electrons. The van der Waals surface area contributed by atoms with Gasteiger partial charge in [-0.3, -0.25) is 9.89 Å².